The van der Waals surface area contributed by atoms with Crippen molar-refractivity contribution in [2.45, 2.75) is 37.6 Å². The standard InChI is InChI=1S/C11H11ClF2N4O/c12-10-16-8-7(9(19)17-10)5-15-18(8)6-1-3-11(13,14)4-2-6/h5-6H,1-4H2,(H,16,17,19). The van der Waals surface area contributed by atoms with E-state index >= 15 is 0 Å². The summed E-state index contributed by atoms with van der Waals surface area (Å²) in [6.07, 6.45) is 1.68. The zero-order valence-electron chi connectivity index (χ0n) is 9.87. The third-order valence-corrected chi connectivity index (χ3v) is 3.65. The second-order valence-electron chi connectivity index (χ2n) is 4.77. The van der Waals surface area contributed by atoms with Gasteiger partial charge < -0.3 is 0 Å². The summed E-state index contributed by atoms with van der Waals surface area (Å²) in [5.41, 5.74) is -0.0219. The van der Waals surface area contributed by atoms with Crippen molar-refractivity contribution >= 4 is 22.6 Å². The van der Waals surface area contributed by atoms with Crippen molar-refractivity contribution in [2.75, 3.05) is 0 Å². The highest BCUT2D eigenvalue weighted by atomic mass is 35.5. The van der Waals surface area contributed by atoms with E-state index in [1.165, 1.54) is 10.9 Å². The van der Waals surface area contributed by atoms with Gasteiger partial charge in [-0.3, -0.25) is 9.78 Å². The summed E-state index contributed by atoms with van der Waals surface area (Å²) in [4.78, 5) is 18.0. The Balaban J connectivity index is 2.00. The predicted octanol–water partition coefficient (Wildman–Crippen LogP) is 2.52. The van der Waals surface area contributed by atoms with Crippen molar-refractivity contribution in [3.8, 4) is 0 Å². The highest BCUT2D eigenvalue weighted by molar-refractivity contribution is 6.28. The average molecular weight is 289 g/mol. The number of alkyl halides is 2. The quantitative estimate of drug-likeness (QED) is 0.820. The van der Waals surface area contributed by atoms with Crippen molar-refractivity contribution in [2.24, 2.45) is 0 Å². The molecule has 0 saturated heterocycles. The molecule has 1 aliphatic rings. The first-order valence-corrected chi connectivity index (χ1v) is 6.35. The molecule has 8 heteroatoms. The van der Waals surface area contributed by atoms with Crippen LogP contribution in [-0.4, -0.2) is 25.7 Å². The van der Waals surface area contributed by atoms with E-state index in [1.54, 1.807) is 0 Å². The molecule has 1 saturated carbocycles. The maximum Gasteiger partial charge on any atom is 0.262 e. The zero-order chi connectivity index (χ0) is 13.6. The van der Waals surface area contributed by atoms with Gasteiger partial charge in [0.2, 0.25) is 11.2 Å². The second-order valence-corrected chi connectivity index (χ2v) is 5.13. The van der Waals surface area contributed by atoms with Crippen LogP contribution >= 0.6 is 11.6 Å². The molecule has 3 rings (SSSR count). The van der Waals surface area contributed by atoms with Gasteiger partial charge in [-0.05, 0) is 24.4 Å². The molecular formula is C11H11ClF2N4O. The minimum absolute atomic E-state index is 0.0274. The Morgan fingerprint density at radius 1 is 1.42 bits per heavy atom. The molecule has 0 unspecified atom stereocenters. The van der Waals surface area contributed by atoms with Crippen molar-refractivity contribution in [1.82, 2.24) is 19.7 Å². The van der Waals surface area contributed by atoms with Gasteiger partial charge in [0, 0.05) is 12.8 Å². The number of H-pyrrole nitrogens is 1. The number of nitrogens with one attached hydrogen (secondary N) is 1. The molecule has 2 heterocycles. The third-order valence-electron chi connectivity index (χ3n) is 3.47. The van der Waals surface area contributed by atoms with Gasteiger partial charge in [-0.25, -0.2) is 13.5 Å². The topological polar surface area (TPSA) is 63.6 Å². The van der Waals surface area contributed by atoms with Crippen LogP contribution in [0.15, 0.2) is 11.0 Å². The van der Waals surface area contributed by atoms with Crippen LogP contribution in [0.3, 0.4) is 0 Å². The smallest absolute Gasteiger partial charge is 0.262 e. The van der Waals surface area contributed by atoms with Gasteiger partial charge in [0.05, 0.1) is 12.2 Å². The van der Waals surface area contributed by atoms with Crippen molar-refractivity contribution < 1.29 is 8.78 Å². The Hall–Kier alpha value is -1.50. The van der Waals surface area contributed by atoms with Crippen LogP contribution in [0.25, 0.3) is 11.0 Å². The van der Waals surface area contributed by atoms with Gasteiger partial charge in [0.15, 0.2) is 5.65 Å². The van der Waals surface area contributed by atoms with E-state index in [9.17, 15) is 13.6 Å². The minimum atomic E-state index is -2.60. The molecule has 1 N–H and O–H groups in total. The average Bonchev–Trinajstić information content (AvgIpc) is 2.73. The summed E-state index contributed by atoms with van der Waals surface area (Å²) in [5, 5.41) is 4.39. The molecule has 0 radical (unpaired) electrons. The number of halogens is 3. The Morgan fingerprint density at radius 3 is 2.79 bits per heavy atom. The lowest BCUT2D eigenvalue weighted by Crippen LogP contribution is -2.27. The summed E-state index contributed by atoms with van der Waals surface area (Å²) in [6, 6.07) is -0.164. The lowest BCUT2D eigenvalue weighted by atomic mass is 9.92. The van der Waals surface area contributed by atoms with E-state index in [2.05, 4.69) is 15.1 Å². The van der Waals surface area contributed by atoms with E-state index < -0.39 is 5.92 Å². The van der Waals surface area contributed by atoms with Crippen LogP contribution in [0.2, 0.25) is 5.28 Å². The lowest BCUT2D eigenvalue weighted by Gasteiger charge is -2.28. The molecule has 0 aliphatic heterocycles. The number of aromatic nitrogens is 4. The highest BCUT2D eigenvalue weighted by Gasteiger charge is 2.36. The predicted molar refractivity (Wildman–Crippen MR) is 65.6 cm³/mol. The number of nitrogens with zero attached hydrogens (tertiary/aromatic N) is 3. The molecule has 2 aromatic heterocycles. The van der Waals surface area contributed by atoms with E-state index in [4.69, 9.17) is 11.6 Å². The minimum Gasteiger partial charge on any atom is -0.296 e. The fraction of sp³-hybridized carbons (Fsp3) is 0.545. The molecule has 2 aromatic rings. The third kappa shape index (κ3) is 2.22. The fourth-order valence-electron chi connectivity index (χ4n) is 2.45. The van der Waals surface area contributed by atoms with Crippen LogP contribution in [-0.2, 0) is 0 Å². The first-order valence-electron chi connectivity index (χ1n) is 5.97. The van der Waals surface area contributed by atoms with Crippen LogP contribution < -0.4 is 5.56 Å². The van der Waals surface area contributed by atoms with Crippen LogP contribution in [0.1, 0.15) is 31.7 Å². The van der Waals surface area contributed by atoms with Crippen molar-refractivity contribution in [3.63, 3.8) is 0 Å². The van der Waals surface area contributed by atoms with Gasteiger partial charge in [0.25, 0.3) is 5.56 Å². The molecule has 0 spiro atoms. The first-order chi connectivity index (χ1) is 8.96. The maximum atomic E-state index is 13.1. The molecule has 1 aliphatic carbocycles. The molecule has 0 bridgehead atoms. The van der Waals surface area contributed by atoms with Crippen LogP contribution in [0.5, 0.6) is 0 Å². The summed E-state index contributed by atoms with van der Waals surface area (Å²) in [5.74, 6) is -2.60. The molecule has 0 amide bonds. The Labute approximate surface area is 111 Å². The van der Waals surface area contributed by atoms with E-state index in [0.717, 1.165) is 0 Å². The van der Waals surface area contributed by atoms with E-state index in [0.29, 0.717) is 23.9 Å². The monoisotopic (exact) mass is 288 g/mol. The molecule has 102 valence electrons. The molecule has 5 nitrogen and oxygen atoms in total. The van der Waals surface area contributed by atoms with E-state index in [-0.39, 0.29) is 29.7 Å². The van der Waals surface area contributed by atoms with Gasteiger partial charge in [0.1, 0.15) is 5.39 Å². The van der Waals surface area contributed by atoms with E-state index in [1.807, 2.05) is 0 Å². The van der Waals surface area contributed by atoms with Crippen molar-refractivity contribution in [1.29, 1.82) is 0 Å². The lowest BCUT2D eigenvalue weighted by molar-refractivity contribution is -0.0446. The Bertz CT molecular complexity index is 671. The number of rotatable bonds is 1. The molecule has 0 aromatic carbocycles. The number of aromatic amines is 1. The number of hydrogen-bond acceptors (Lipinski definition) is 3. The normalized spacial score (nSPS) is 19.9. The fourth-order valence-corrected chi connectivity index (χ4v) is 2.61. The molecular weight excluding hydrogens is 278 g/mol. The zero-order valence-corrected chi connectivity index (χ0v) is 10.6. The number of fused-ring (bicyclic) bond motifs is 1. The first kappa shape index (κ1) is 12.5. The summed E-state index contributed by atoms with van der Waals surface area (Å²) in [6.45, 7) is 0. The second kappa shape index (κ2) is 4.26. The summed E-state index contributed by atoms with van der Waals surface area (Å²) < 4.78 is 27.8. The Kier molecular flexibility index (Phi) is 2.81. The van der Waals surface area contributed by atoms with Gasteiger partial charge >= 0.3 is 0 Å². The summed E-state index contributed by atoms with van der Waals surface area (Å²) in [7, 11) is 0. The van der Waals surface area contributed by atoms with Crippen LogP contribution in [0, 0.1) is 0 Å². The van der Waals surface area contributed by atoms with Gasteiger partial charge in [-0.15, -0.1) is 0 Å². The molecule has 0 atom stereocenters. The molecule has 1 fully saturated rings. The maximum absolute atomic E-state index is 13.1. The SMILES string of the molecule is O=c1[nH]c(Cl)nc2c1cnn2C1CCC(F)(F)CC1. The molecule has 19 heavy (non-hydrogen) atoms. The van der Waals surface area contributed by atoms with Gasteiger partial charge in [-0.2, -0.15) is 10.1 Å². The Morgan fingerprint density at radius 2 is 2.11 bits per heavy atom. The van der Waals surface area contributed by atoms with Gasteiger partial charge in [-0.1, -0.05) is 0 Å². The number of hydrogen-bond donors (Lipinski definition) is 1. The largest absolute Gasteiger partial charge is 0.296 e. The van der Waals surface area contributed by atoms with Crippen LogP contribution in [0.4, 0.5) is 8.78 Å². The van der Waals surface area contributed by atoms with Crippen molar-refractivity contribution in [3.05, 3.63) is 21.8 Å². The highest BCUT2D eigenvalue weighted by Crippen LogP contribution is 2.38. The summed E-state index contributed by atoms with van der Waals surface area (Å²) >= 11 is 5.71.